The second-order valence-electron chi connectivity index (χ2n) is 4.84. The third-order valence-electron chi connectivity index (χ3n) is 3.23. The molecule has 0 saturated heterocycles. The van der Waals surface area contributed by atoms with Gasteiger partial charge in [0.15, 0.2) is 0 Å². The molecule has 3 aromatic rings. The number of nitrogens with one attached hydrogen (secondary N) is 2. The largest absolute Gasteiger partial charge is 0.497 e. The van der Waals surface area contributed by atoms with Crippen molar-refractivity contribution < 1.29 is 4.74 Å². The van der Waals surface area contributed by atoms with Gasteiger partial charge >= 0.3 is 0 Å². The SMILES string of the molecule is COc1ccc(-c2cc(=O)[nH]c(Nc3ccc(Br)cc3)n2)cc1. The fourth-order valence-electron chi connectivity index (χ4n) is 2.10. The van der Waals surface area contributed by atoms with Crippen molar-refractivity contribution in [1.29, 1.82) is 0 Å². The summed E-state index contributed by atoms with van der Waals surface area (Å²) in [5.41, 5.74) is 2.06. The van der Waals surface area contributed by atoms with Crippen molar-refractivity contribution in [2.24, 2.45) is 0 Å². The molecule has 0 aliphatic rings. The zero-order valence-corrected chi connectivity index (χ0v) is 13.9. The molecule has 116 valence electrons. The molecule has 23 heavy (non-hydrogen) atoms. The summed E-state index contributed by atoms with van der Waals surface area (Å²) in [6.45, 7) is 0. The van der Waals surface area contributed by atoms with E-state index in [0.717, 1.165) is 21.5 Å². The van der Waals surface area contributed by atoms with Crippen LogP contribution in [0.1, 0.15) is 0 Å². The quantitative estimate of drug-likeness (QED) is 0.728. The molecule has 0 fully saturated rings. The second-order valence-corrected chi connectivity index (χ2v) is 5.76. The van der Waals surface area contributed by atoms with Crippen LogP contribution in [0.5, 0.6) is 5.75 Å². The van der Waals surface area contributed by atoms with E-state index in [1.165, 1.54) is 6.07 Å². The number of hydrogen-bond acceptors (Lipinski definition) is 4. The third kappa shape index (κ3) is 3.78. The summed E-state index contributed by atoms with van der Waals surface area (Å²) in [7, 11) is 1.61. The van der Waals surface area contributed by atoms with E-state index < -0.39 is 0 Å². The number of methoxy groups -OCH3 is 1. The van der Waals surface area contributed by atoms with Crippen LogP contribution in [0.2, 0.25) is 0 Å². The van der Waals surface area contributed by atoms with Crippen molar-refractivity contribution in [2.75, 3.05) is 12.4 Å². The molecule has 0 atom stereocenters. The molecule has 6 heteroatoms. The first-order chi connectivity index (χ1) is 11.1. The summed E-state index contributed by atoms with van der Waals surface area (Å²) in [5, 5.41) is 3.09. The lowest BCUT2D eigenvalue weighted by atomic mass is 10.1. The fraction of sp³-hybridized carbons (Fsp3) is 0.0588. The number of rotatable bonds is 4. The van der Waals surface area contributed by atoms with Crippen LogP contribution in [0, 0.1) is 0 Å². The maximum Gasteiger partial charge on any atom is 0.252 e. The molecule has 1 heterocycles. The van der Waals surface area contributed by atoms with Crippen LogP contribution in [0.3, 0.4) is 0 Å². The zero-order chi connectivity index (χ0) is 16.2. The second kappa shape index (κ2) is 6.66. The van der Waals surface area contributed by atoms with Gasteiger partial charge in [-0.3, -0.25) is 9.78 Å². The van der Waals surface area contributed by atoms with Gasteiger partial charge in [-0.25, -0.2) is 4.98 Å². The smallest absolute Gasteiger partial charge is 0.252 e. The summed E-state index contributed by atoms with van der Waals surface area (Å²) in [4.78, 5) is 19.0. The van der Waals surface area contributed by atoms with Gasteiger partial charge in [0.05, 0.1) is 12.8 Å². The Morgan fingerprint density at radius 1 is 1.09 bits per heavy atom. The van der Waals surface area contributed by atoms with Crippen LogP contribution in [0.25, 0.3) is 11.3 Å². The Balaban J connectivity index is 1.91. The predicted octanol–water partition coefficient (Wildman–Crippen LogP) is 3.95. The number of H-pyrrole nitrogens is 1. The number of benzene rings is 2. The van der Waals surface area contributed by atoms with Gasteiger partial charge < -0.3 is 10.1 Å². The van der Waals surface area contributed by atoms with Crippen LogP contribution >= 0.6 is 15.9 Å². The average molecular weight is 372 g/mol. The highest BCUT2D eigenvalue weighted by Crippen LogP contribution is 2.21. The first kappa shape index (κ1) is 15.3. The molecular weight excluding hydrogens is 358 g/mol. The molecule has 2 aromatic carbocycles. The van der Waals surface area contributed by atoms with Gasteiger partial charge in [-0.05, 0) is 48.5 Å². The topological polar surface area (TPSA) is 67.0 Å². The van der Waals surface area contributed by atoms with Crippen LogP contribution in [-0.2, 0) is 0 Å². The summed E-state index contributed by atoms with van der Waals surface area (Å²) in [6, 6.07) is 16.5. The van der Waals surface area contributed by atoms with E-state index in [4.69, 9.17) is 4.74 Å². The monoisotopic (exact) mass is 371 g/mol. The van der Waals surface area contributed by atoms with Crippen LogP contribution < -0.4 is 15.6 Å². The lowest BCUT2D eigenvalue weighted by Crippen LogP contribution is -2.10. The number of anilines is 2. The number of hydrogen-bond donors (Lipinski definition) is 2. The normalized spacial score (nSPS) is 10.3. The maximum absolute atomic E-state index is 11.9. The first-order valence-electron chi connectivity index (χ1n) is 6.92. The summed E-state index contributed by atoms with van der Waals surface area (Å²) in [5.74, 6) is 1.15. The Bertz CT molecular complexity index is 858. The molecule has 3 rings (SSSR count). The molecule has 0 radical (unpaired) electrons. The van der Waals surface area contributed by atoms with E-state index in [-0.39, 0.29) is 5.56 Å². The minimum absolute atomic E-state index is 0.217. The number of halogens is 1. The van der Waals surface area contributed by atoms with Crippen molar-refractivity contribution in [3.05, 3.63) is 69.4 Å². The number of nitrogens with zero attached hydrogens (tertiary/aromatic N) is 1. The number of ether oxygens (including phenoxy) is 1. The zero-order valence-electron chi connectivity index (χ0n) is 12.3. The Kier molecular flexibility index (Phi) is 4.43. The molecule has 1 aromatic heterocycles. The highest BCUT2D eigenvalue weighted by Gasteiger charge is 2.05. The Morgan fingerprint density at radius 2 is 1.78 bits per heavy atom. The van der Waals surface area contributed by atoms with Crippen LogP contribution in [0.4, 0.5) is 11.6 Å². The lowest BCUT2D eigenvalue weighted by molar-refractivity contribution is 0.415. The molecule has 0 aliphatic heterocycles. The van der Waals surface area contributed by atoms with E-state index in [1.807, 2.05) is 48.5 Å². The standard InChI is InChI=1S/C17H14BrN3O2/c1-23-14-8-2-11(3-9-14)15-10-16(22)21-17(20-15)19-13-6-4-12(18)5-7-13/h2-10H,1H3,(H2,19,20,21,22). The minimum atomic E-state index is -0.217. The van der Waals surface area contributed by atoms with E-state index in [1.54, 1.807) is 7.11 Å². The predicted molar refractivity (Wildman–Crippen MR) is 94.3 cm³/mol. The number of aromatic nitrogens is 2. The van der Waals surface area contributed by atoms with Gasteiger partial charge in [-0.15, -0.1) is 0 Å². The summed E-state index contributed by atoms with van der Waals surface area (Å²) in [6.07, 6.45) is 0. The molecule has 2 N–H and O–H groups in total. The molecule has 0 amide bonds. The van der Waals surface area contributed by atoms with Crippen molar-refractivity contribution in [2.45, 2.75) is 0 Å². The highest BCUT2D eigenvalue weighted by molar-refractivity contribution is 9.10. The molecule has 0 unspecified atom stereocenters. The van der Waals surface area contributed by atoms with Crippen molar-refractivity contribution >= 4 is 27.6 Å². The average Bonchev–Trinajstić information content (AvgIpc) is 2.56. The minimum Gasteiger partial charge on any atom is -0.497 e. The Hall–Kier alpha value is -2.60. The molecule has 0 spiro atoms. The Labute approximate surface area is 141 Å². The van der Waals surface area contributed by atoms with Crippen molar-refractivity contribution in [3.63, 3.8) is 0 Å². The Morgan fingerprint density at radius 3 is 2.43 bits per heavy atom. The first-order valence-corrected chi connectivity index (χ1v) is 7.72. The molecule has 0 aliphatic carbocycles. The van der Waals surface area contributed by atoms with Crippen molar-refractivity contribution in [3.8, 4) is 17.0 Å². The number of aromatic amines is 1. The van der Waals surface area contributed by atoms with E-state index >= 15 is 0 Å². The van der Waals surface area contributed by atoms with E-state index in [9.17, 15) is 4.79 Å². The van der Waals surface area contributed by atoms with Crippen LogP contribution in [-0.4, -0.2) is 17.1 Å². The molecule has 0 bridgehead atoms. The molecule has 5 nitrogen and oxygen atoms in total. The van der Waals surface area contributed by atoms with Gasteiger partial charge in [-0.1, -0.05) is 15.9 Å². The van der Waals surface area contributed by atoms with Gasteiger partial charge in [-0.2, -0.15) is 0 Å². The highest BCUT2D eigenvalue weighted by atomic mass is 79.9. The van der Waals surface area contributed by atoms with Gasteiger partial charge in [0.1, 0.15) is 5.75 Å². The molecular formula is C17H14BrN3O2. The van der Waals surface area contributed by atoms with Crippen LogP contribution in [0.15, 0.2) is 63.9 Å². The summed E-state index contributed by atoms with van der Waals surface area (Å²) < 4.78 is 6.12. The van der Waals surface area contributed by atoms with Gasteiger partial charge in [0.25, 0.3) is 5.56 Å². The molecule has 0 saturated carbocycles. The fourth-order valence-corrected chi connectivity index (χ4v) is 2.36. The van der Waals surface area contributed by atoms with Gasteiger partial charge in [0, 0.05) is 21.8 Å². The van der Waals surface area contributed by atoms with Crippen molar-refractivity contribution in [1.82, 2.24) is 9.97 Å². The van der Waals surface area contributed by atoms with E-state index in [2.05, 4.69) is 31.2 Å². The van der Waals surface area contributed by atoms with Gasteiger partial charge in [0.2, 0.25) is 5.95 Å². The lowest BCUT2D eigenvalue weighted by Gasteiger charge is -2.08. The third-order valence-corrected chi connectivity index (χ3v) is 3.76. The summed E-state index contributed by atoms with van der Waals surface area (Å²) >= 11 is 3.38. The maximum atomic E-state index is 11.9. The van der Waals surface area contributed by atoms with E-state index in [0.29, 0.717) is 11.6 Å².